The quantitative estimate of drug-likeness (QED) is 0.595. The highest BCUT2D eigenvalue weighted by molar-refractivity contribution is 6.42. The molecule has 0 bridgehead atoms. The molecule has 2 aromatic carbocycles. The normalized spacial score (nSPS) is 11.9. The highest BCUT2D eigenvalue weighted by Crippen LogP contribution is 2.24. The summed E-state index contributed by atoms with van der Waals surface area (Å²) in [7, 11) is 0. The van der Waals surface area contributed by atoms with Gasteiger partial charge in [0, 0.05) is 19.5 Å². The Bertz CT molecular complexity index is 825. The lowest BCUT2D eigenvalue weighted by Crippen LogP contribution is -2.48. The molecule has 29 heavy (non-hydrogen) atoms. The summed E-state index contributed by atoms with van der Waals surface area (Å²) in [6.07, 6.45) is 0.949. The van der Waals surface area contributed by atoms with Crippen LogP contribution in [-0.4, -0.2) is 29.3 Å². The molecule has 0 aliphatic rings. The van der Waals surface area contributed by atoms with E-state index in [1.54, 1.807) is 24.0 Å². The van der Waals surface area contributed by atoms with Gasteiger partial charge in [0.2, 0.25) is 11.8 Å². The molecular weight excluding hydrogens is 407 g/mol. The molecule has 1 atom stereocenters. The third kappa shape index (κ3) is 7.37. The lowest BCUT2D eigenvalue weighted by atomic mass is 10.1. The topological polar surface area (TPSA) is 49.4 Å². The molecule has 1 unspecified atom stereocenters. The van der Waals surface area contributed by atoms with Crippen molar-refractivity contribution in [3.05, 3.63) is 69.7 Å². The minimum absolute atomic E-state index is 0.0767. The van der Waals surface area contributed by atoms with Crippen molar-refractivity contribution < 1.29 is 9.59 Å². The van der Waals surface area contributed by atoms with Crippen molar-refractivity contribution in [3.63, 3.8) is 0 Å². The van der Waals surface area contributed by atoms with Crippen LogP contribution in [0, 0.1) is 5.92 Å². The molecule has 2 rings (SSSR count). The first-order chi connectivity index (χ1) is 13.8. The summed E-state index contributed by atoms with van der Waals surface area (Å²) in [6, 6.07) is 14.5. The van der Waals surface area contributed by atoms with Gasteiger partial charge in [-0.05, 0) is 42.5 Å². The molecule has 0 aliphatic carbocycles. The maximum atomic E-state index is 13.0. The molecule has 0 aliphatic heterocycles. The zero-order valence-electron chi connectivity index (χ0n) is 17.1. The Balaban J connectivity index is 2.15. The van der Waals surface area contributed by atoms with Crippen LogP contribution in [0.25, 0.3) is 0 Å². The number of carbonyl (C=O) groups excluding carboxylic acids is 2. The van der Waals surface area contributed by atoms with Crippen LogP contribution in [0.3, 0.4) is 0 Å². The van der Waals surface area contributed by atoms with Crippen molar-refractivity contribution in [2.75, 3.05) is 6.54 Å². The van der Waals surface area contributed by atoms with Crippen LogP contribution in [0.1, 0.15) is 38.3 Å². The summed E-state index contributed by atoms with van der Waals surface area (Å²) >= 11 is 12.1. The summed E-state index contributed by atoms with van der Waals surface area (Å²) in [5.74, 6) is 0.0994. The molecular formula is C23H28Cl2N2O2. The van der Waals surface area contributed by atoms with Gasteiger partial charge in [0.05, 0.1) is 10.0 Å². The molecule has 0 aromatic heterocycles. The van der Waals surface area contributed by atoms with Crippen molar-refractivity contribution in [3.8, 4) is 0 Å². The van der Waals surface area contributed by atoms with Crippen molar-refractivity contribution in [2.45, 2.75) is 46.2 Å². The standard InChI is InChI=1S/C23H28Cl2N2O2/c1-16(2)14-26-23(29)17(3)27(15-19-9-11-20(24)21(25)13-19)22(28)12-10-18-7-5-4-6-8-18/h4-9,11,13,16-17H,10,12,14-15H2,1-3H3,(H,26,29). The number of benzene rings is 2. The SMILES string of the molecule is CC(C)CNC(=O)C(C)N(Cc1ccc(Cl)c(Cl)c1)C(=O)CCc1ccccc1. The molecule has 1 N–H and O–H groups in total. The van der Waals surface area contributed by atoms with E-state index in [1.807, 2.05) is 50.2 Å². The number of rotatable bonds is 9. The van der Waals surface area contributed by atoms with Gasteiger partial charge in [-0.2, -0.15) is 0 Å². The predicted molar refractivity (Wildman–Crippen MR) is 119 cm³/mol. The van der Waals surface area contributed by atoms with E-state index in [9.17, 15) is 9.59 Å². The van der Waals surface area contributed by atoms with Crippen molar-refractivity contribution in [1.82, 2.24) is 10.2 Å². The summed E-state index contributed by atoms with van der Waals surface area (Å²) in [4.78, 5) is 27.3. The molecule has 0 spiro atoms. The zero-order chi connectivity index (χ0) is 21.4. The van der Waals surface area contributed by atoms with E-state index in [4.69, 9.17) is 23.2 Å². The number of hydrogen-bond donors (Lipinski definition) is 1. The van der Waals surface area contributed by atoms with E-state index >= 15 is 0 Å². The monoisotopic (exact) mass is 434 g/mol. The second kappa shape index (κ2) is 11.2. The lowest BCUT2D eigenvalue weighted by Gasteiger charge is -2.29. The first-order valence-corrected chi connectivity index (χ1v) is 10.6. The Morgan fingerprint density at radius 1 is 0.966 bits per heavy atom. The minimum atomic E-state index is -0.591. The van der Waals surface area contributed by atoms with Crippen molar-refractivity contribution in [1.29, 1.82) is 0 Å². The molecule has 156 valence electrons. The van der Waals surface area contributed by atoms with E-state index in [0.717, 1.165) is 11.1 Å². The van der Waals surface area contributed by atoms with Gasteiger partial charge in [0.15, 0.2) is 0 Å². The predicted octanol–water partition coefficient (Wildman–Crippen LogP) is 5.12. The van der Waals surface area contributed by atoms with Gasteiger partial charge >= 0.3 is 0 Å². The summed E-state index contributed by atoms with van der Waals surface area (Å²) in [6.45, 7) is 6.68. The summed E-state index contributed by atoms with van der Waals surface area (Å²) < 4.78 is 0. The molecule has 0 saturated heterocycles. The summed E-state index contributed by atoms with van der Waals surface area (Å²) in [5.41, 5.74) is 1.92. The molecule has 4 nitrogen and oxygen atoms in total. The van der Waals surface area contributed by atoms with E-state index < -0.39 is 6.04 Å². The van der Waals surface area contributed by atoms with Gasteiger partial charge in [-0.15, -0.1) is 0 Å². The van der Waals surface area contributed by atoms with Crippen molar-refractivity contribution >= 4 is 35.0 Å². The maximum absolute atomic E-state index is 13.0. The van der Waals surface area contributed by atoms with E-state index in [1.165, 1.54) is 0 Å². The second-order valence-electron chi connectivity index (χ2n) is 7.57. The number of amides is 2. The number of nitrogens with zero attached hydrogens (tertiary/aromatic N) is 1. The zero-order valence-corrected chi connectivity index (χ0v) is 18.6. The molecule has 0 fully saturated rings. The number of aryl methyl sites for hydroxylation is 1. The number of halogens is 2. The highest BCUT2D eigenvalue weighted by Gasteiger charge is 2.26. The van der Waals surface area contributed by atoms with Gasteiger partial charge in [-0.3, -0.25) is 9.59 Å². The van der Waals surface area contributed by atoms with Crippen LogP contribution in [0.15, 0.2) is 48.5 Å². The van der Waals surface area contributed by atoms with Crippen LogP contribution in [0.4, 0.5) is 0 Å². The average molecular weight is 435 g/mol. The van der Waals surface area contributed by atoms with Gasteiger partial charge in [0.1, 0.15) is 6.04 Å². The Labute approximate surface area is 183 Å². The third-order valence-corrected chi connectivity index (χ3v) is 5.40. The Morgan fingerprint density at radius 2 is 1.66 bits per heavy atom. The first kappa shape index (κ1) is 23.2. The van der Waals surface area contributed by atoms with Crippen LogP contribution >= 0.6 is 23.2 Å². The molecule has 0 radical (unpaired) electrons. The number of nitrogens with one attached hydrogen (secondary N) is 1. The number of carbonyl (C=O) groups is 2. The van der Waals surface area contributed by atoms with E-state index in [0.29, 0.717) is 41.9 Å². The fourth-order valence-electron chi connectivity index (χ4n) is 2.91. The van der Waals surface area contributed by atoms with Gasteiger partial charge in [-0.25, -0.2) is 0 Å². The lowest BCUT2D eigenvalue weighted by molar-refractivity contribution is -0.140. The molecule has 0 heterocycles. The Kier molecular flexibility index (Phi) is 8.99. The van der Waals surface area contributed by atoms with E-state index in [-0.39, 0.29) is 11.8 Å². The highest BCUT2D eigenvalue weighted by atomic mass is 35.5. The smallest absolute Gasteiger partial charge is 0.242 e. The van der Waals surface area contributed by atoms with E-state index in [2.05, 4.69) is 5.32 Å². The molecule has 0 saturated carbocycles. The number of hydrogen-bond acceptors (Lipinski definition) is 2. The average Bonchev–Trinajstić information content (AvgIpc) is 2.71. The fourth-order valence-corrected chi connectivity index (χ4v) is 3.23. The van der Waals surface area contributed by atoms with Gasteiger partial charge in [-0.1, -0.05) is 73.4 Å². The van der Waals surface area contributed by atoms with Crippen LogP contribution in [0.2, 0.25) is 10.0 Å². The second-order valence-corrected chi connectivity index (χ2v) is 8.39. The Hall–Kier alpha value is -2.04. The molecule has 2 amide bonds. The largest absolute Gasteiger partial charge is 0.354 e. The van der Waals surface area contributed by atoms with Crippen molar-refractivity contribution in [2.24, 2.45) is 5.92 Å². The Morgan fingerprint density at radius 3 is 2.28 bits per heavy atom. The minimum Gasteiger partial charge on any atom is -0.354 e. The summed E-state index contributed by atoms with van der Waals surface area (Å²) in [5, 5.41) is 3.80. The van der Waals surface area contributed by atoms with Crippen LogP contribution in [-0.2, 0) is 22.6 Å². The fraction of sp³-hybridized carbons (Fsp3) is 0.391. The molecule has 2 aromatic rings. The molecule has 6 heteroatoms. The first-order valence-electron chi connectivity index (χ1n) is 9.83. The third-order valence-electron chi connectivity index (χ3n) is 4.66. The van der Waals surface area contributed by atoms with Crippen LogP contribution < -0.4 is 5.32 Å². The van der Waals surface area contributed by atoms with Gasteiger partial charge < -0.3 is 10.2 Å². The van der Waals surface area contributed by atoms with Gasteiger partial charge in [0.25, 0.3) is 0 Å². The maximum Gasteiger partial charge on any atom is 0.242 e. The van der Waals surface area contributed by atoms with Crippen LogP contribution in [0.5, 0.6) is 0 Å².